The topological polar surface area (TPSA) is 59.6 Å². The van der Waals surface area contributed by atoms with Crippen molar-refractivity contribution in [3.8, 4) is 11.5 Å². The number of rotatable bonds is 8. The van der Waals surface area contributed by atoms with Gasteiger partial charge in [0.1, 0.15) is 0 Å². The second-order valence-corrected chi connectivity index (χ2v) is 4.52. The Balaban J connectivity index is 2.62. The van der Waals surface area contributed by atoms with Crippen LogP contribution in [0.1, 0.15) is 12.0 Å². The first-order chi connectivity index (χ1) is 10.4. The molecule has 0 aromatic heterocycles. The highest BCUT2D eigenvalue weighted by molar-refractivity contribution is 5.76. The van der Waals surface area contributed by atoms with Crippen LogP contribution >= 0.6 is 0 Å². The van der Waals surface area contributed by atoms with Crippen molar-refractivity contribution >= 4 is 5.91 Å². The van der Waals surface area contributed by atoms with Crippen molar-refractivity contribution in [1.29, 1.82) is 0 Å². The molecule has 22 heavy (non-hydrogen) atoms. The Morgan fingerprint density at radius 2 is 2.00 bits per heavy atom. The standard InChI is InChI=1S/C14H19F3N2O3/c1-18-6-5-13(20)19-8-10-3-4-11(12(7-10)21-2)22-9-14(15,16)17/h3-4,7,18H,5-6,8-9H2,1-2H3,(H,19,20). The predicted molar refractivity (Wildman–Crippen MR) is 74.9 cm³/mol. The summed E-state index contributed by atoms with van der Waals surface area (Å²) in [6, 6.07) is 4.50. The molecule has 0 radical (unpaired) electrons. The van der Waals surface area contributed by atoms with E-state index in [-0.39, 0.29) is 24.0 Å². The van der Waals surface area contributed by atoms with Crippen molar-refractivity contribution < 1.29 is 27.4 Å². The van der Waals surface area contributed by atoms with Crippen LogP contribution in [0.3, 0.4) is 0 Å². The SMILES string of the molecule is CNCCC(=O)NCc1ccc(OCC(F)(F)F)c(OC)c1. The van der Waals surface area contributed by atoms with Gasteiger partial charge in [0, 0.05) is 19.5 Å². The lowest BCUT2D eigenvalue weighted by atomic mass is 10.2. The molecule has 0 aliphatic carbocycles. The van der Waals surface area contributed by atoms with Crippen molar-refractivity contribution in [1.82, 2.24) is 10.6 Å². The molecular weight excluding hydrogens is 301 g/mol. The number of nitrogens with one attached hydrogen (secondary N) is 2. The molecule has 0 bridgehead atoms. The van der Waals surface area contributed by atoms with Gasteiger partial charge in [-0.1, -0.05) is 6.07 Å². The van der Waals surface area contributed by atoms with Crippen LogP contribution in [0.2, 0.25) is 0 Å². The van der Waals surface area contributed by atoms with E-state index in [1.54, 1.807) is 13.1 Å². The number of halogens is 3. The molecule has 124 valence electrons. The van der Waals surface area contributed by atoms with Crippen LogP contribution < -0.4 is 20.1 Å². The number of alkyl halides is 3. The maximum atomic E-state index is 12.1. The van der Waals surface area contributed by atoms with Crippen LogP contribution in [0, 0.1) is 0 Å². The molecule has 0 saturated carbocycles. The van der Waals surface area contributed by atoms with Crippen molar-refractivity contribution in [2.24, 2.45) is 0 Å². The maximum Gasteiger partial charge on any atom is 0.422 e. The molecule has 0 aliphatic rings. The fourth-order valence-electron chi connectivity index (χ4n) is 1.63. The molecule has 1 aromatic rings. The molecule has 1 amide bonds. The molecule has 0 unspecified atom stereocenters. The van der Waals surface area contributed by atoms with Gasteiger partial charge in [-0.15, -0.1) is 0 Å². The molecule has 0 atom stereocenters. The first-order valence-corrected chi connectivity index (χ1v) is 6.63. The lowest BCUT2D eigenvalue weighted by Gasteiger charge is -2.14. The molecule has 0 aliphatic heterocycles. The van der Waals surface area contributed by atoms with Gasteiger partial charge in [0.15, 0.2) is 18.1 Å². The number of carbonyl (C=O) groups excluding carboxylic acids is 1. The lowest BCUT2D eigenvalue weighted by molar-refractivity contribution is -0.153. The van der Waals surface area contributed by atoms with Crippen LogP contribution in [-0.2, 0) is 11.3 Å². The fourth-order valence-corrected chi connectivity index (χ4v) is 1.63. The number of benzene rings is 1. The molecule has 0 spiro atoms. The summed E-state index contributed by atoms with van der Waals surface area (Å²) in [5, 5.41) is 5.56. The highest BCUT2D eigenvalue weighted by Crippen LogP contribution is 2.29. The molecule has 5 nitrogen and oxygen atoms in total. The average molecular weight is 320 g/mol. The van der Waals surface area contributed by atoms with E-state index in [4.69, 9.17) is 4.74 Å². The summed E-state index contributed by atoms with van der Waals surface area (Å²) in [6.45, 7) is -0.554. The zero-order valence-corrected chi connectivity index (χ0v) is 12.4. The lowest BCUT2D eigenvalue weighted by Crippen LogP contribution is -2.26. The van der Waals surface area contributed by atoms with E-state index < -0.39 is 12.8 Å². The van der Waals surface area contributed by atoms with Crippen molar-refractivity contribution in [2.75, 3.05) is 27.3 Å². The molecule has 8 heteroatoms. The zero-order chi connectivity index (χ0) is 16.6. The Kier molecular flexibility index (Phi) is 6.97. The molecule has 0 heterocycles. The normalized spacial score (nSPS) is 11.1. The number of ether oxygens (including phenoxy) is 2. The summed E-state index contributed by atoms with van der Waals surface area (Å²) in [5.74, 6) is 0.0713. The van der Waals surface area contributed by atoms with Gasteiger partial charge in [0.25, 0.3) is 0 Å². The molecule has 2 N–H and O–H groups in total. The summed E-state index contributed by atoms with van der Waals surface area (Å²) in [7, 11) is 3.09. The summed E-state index contributed by atoms with van der Waals surface area (Å²) >= 11 is 0. The van der Waals surface area contributed by atoms with E-state index in [1.165, 1.54) is 19.2 Å². The minimum atomic E-state index is -4.41. The number of hydrogen-bond donors (Lipinski definition) is 2. The number of amides is 1. The smallest absolute Gasteiger partial charge is 0.422 e. The minimum Gasteiger partial charge on any atom is -0.493 e. The van der Waals surface area contributed by atoms with Crippen molar-refractivity contribution in [2.45, 2.75) is 19.1 Å². The number of hydrogen-bond acceptors (Lipinski definition) is 4. The third-order valence-corrected chi connectivity index (χ3v) is 2.71. The van der Waals surface area contributed by atoms with Gasteiger partial charge in [-0.2, -0.15) is 13.2 Å². The molecule has 1 aromatic carbocycles. The Morgan fingerprint density at radius 1 is 1.27 bits per heavy atom. The highest BCUT2D eigenvalue weighted by Gasteiger charge is 2.29. The number of carbonyl (C=O) groups is 1. The Bertz CT molecular complexity index is 493. The van der Waals surface area contributed by atoms with Gasteiger partial charge in [-0.25, -0.2) is 0 Å². The van der Waals surface area contributed by atoms with Crippen molar-refractivity contribution in [3.63, 3.8) is 0 Å². The second-order valence-electron chi connectivity index (χ2n) is 4.52. The van der Waals surface area contributed by atoms with Crippen LogP contribution in [-0.4, -0.2) is 39.4 Å². The maximum absolute atomic E-state index is 12.1. The first kappa shape index (κ1) is 18.1. The zero-order valence-electron chi connectivity index (χ0n) is 12.4. The largest absolute Gasteiger partial charge is 0.493 e. The Hall–Kier alpha value is -1.96. The van der Waals surface area contributed by atoms with Crippen LogP contribution in [0.25, 0.3) is 0 Å². The average Bonchev–Trinajstić information content (AvgIpc) is 2.48. The molecule has 0 fully saturated rings. The quantitative estimate of drug-likeness (QED) is 0.768. The van der Waals surface area contributed by atoms with Gasteiger partial charge in [0.05, 0.1) is 7.11 Å². The molecule has 1 rings (SSSR count). The van der Waals surface area contributed by atoms with Crippen LogP contribution in [0.5, 0.6) is 11.5 Å². The van der Waals surface area contributed by atoms with E-state index in [2.05, 4.69) is 15.4 Å². The third-order valence-electron chi connectivity index (χ3n) is 2.71. The highest BCUT2D eigenvalue weighted by atomic mass is 19.4. The Morgan fingerprint density at radius 3 is 2.59 bits per heavy atom. The van der Waals surface area contributed by atoms with Gasteiger partial charge >= 0.3 is 6.18 Å². The van der Waals surface area contributed by atoms with E-state index in [0.717, 1.165) is 0 Å². The van der Waals surface area contributed by atoms with Gasteiger partial charge in [-0.3, -0.25) is 4.79 Å². The predicted octanol–water partition coefficient (Wildman–Crippen LogP) is 1.86. The van der Waals surface area contributed by atoms with E-state index in [0.29, 0.717) is 18.5 Å². The number of methoxy groups -OCH3 is 1. The first-order valence-electron chi connectivity index (χ1n) is 6.63. The van der Waals surface area contributed by atoms with E-state index >= 15 is 0 Å². The molecule has 0 saturated heterocycles. The summed E-state index contributed by atoms with van der Waals surface area (Å²) in [4.78, 5) is 11.5. The minimum absolute atomic E-state index is 0.00471. The van der Waals surface area contributed by atoms with Gasteiger partial charge in [0.2, 0.25) is 5.91 Å². The Labute approximate surface area is 126 Å². The molecular formula is C14H19F3N2O3. The van der Waals surface area contributed by atoms with E-state index in [9.17, 15) is 18.0 Å². The van der Waals surface area contributed by atoms with Crippen molar-refractivity contribution in [3.05, 3.63) is 23.8 Å². The fraction of sp³-hybridized carbons (Fsp3) is 0.500. The summed E-state index contributed by atoms with van der Waals surface area (Å²) in [5.41, 5.74) is 0.703. The van der Waals surface area contributed by atoms with Crippen LogP contribution in [0.15, 0.2) is 18.2 Å². The van der Waals surface area contributed by atoms with Gasteiger partial charge < -0.3 is 20.1 Å². The van der Waals surface area contributed by atoms with Crippen LogP contribution in [0.4, 0.5) is 13.2 Å². The summed E-state index contributed by atoms with van der Waals surface area (Å²) in [6.07, 6.45) is -4.06. The second kappa shape index (κ2) is 8.47. The summed E-state index contributed by atoms with van der Waals surface area (Å²) < 4.78 is 46.1. The van der Waals surface area contributed by atoms with Gasteiger partial charge in [-0.05, 0) is 24.7 Å². The monoisotopic (exact) mass is 320 g/mol. The van der Waals surface area contributed by atoms with E-state index in [1.807, 2.05) is 0 Å². The third kappa shape index (κ3) is 6.66.